The highest BCUT2D eigenvalue weighted by Gasteiger charge is 2.29. The first-order valence-electron chi connectivity index (χ1n) is 9.21. The maximum absolute atomic E-state index is 12.2. The van der Waals surface area contributed by atoms with Gasteiger partial charge in [-0.2, -0.15) is 0 Å². The molecule has 3 rings (SSSR count). The number of carbonyl (C=O) groups excluding carboxylic acids is 3. The van der Waals surface area contributed by atoms with Gasteiger partial charge in [0, 0.05) is 21.6 Å². The number of thiocarbonyl (C=S) groups is 1. The number of hydrogen-bond acceptors (Lipinski definition) is 5. The van der Waals surface area contributed by atoms with Gasteiger partial charge in [-0.15, -0.1) is 0 Å². The second-order valence-electron chi connectivity index (χ2n) is 6.66. The number of halogens is 2. The third-order valence-electron chi connectivity index (χ3n) is 4.16. The van der Waals surface area contributed by atoms with Gasteiger partial charge in [0.1, 0.15) is 5.75 Å². The van der Waals surface area contributed by atoms with Crippen molar-refractivity contribution < 1.29 is 19.1 Å². The van der Waals surface area contributed by atoms with Gasteiger partial charge in [0.25, 0.3) is 11.8 Å². The molecular formula is C20H18Br2N4O4S. The van der Waals surface area contributed by atoms with Crippen molar-refractivity contribution in [2.24, 2.45) is 5.92 Å². The number of ether oxygens (including phenoxy) is 1. The molecular weight excluding hydrogens is 552 g/mol. The Labute approximate surface area is 200 Å². The SMILES string of the molecule is O=C(COc1ccc(Br)cc1Br)NC(=S)NNC(=O)c1ccc(NC(=O)C2CC2)cc1. The first-order valence-corrected chi connectivity index (χ1v) is 11.2. The van der Waals surface area contributed by atoms with E-state index in [2.05, 4.69) is 53.3 Å². The summed E-state index contributed by atoms with van der Waals surface area (Å²) in [5.74, 6) is -0.340. The Kier molecular flexibility index (Phi) is 7.99. The van der Waals surface area contributed by atoms with Gasteiger partial charge >= 0.3 is 0 Å². The monoisotopic (exact) mass is 568 g/mol. The second-order valence-corrected chi connectivity index (χ2v) is 8.84. The van der Waals surface area contributed by atoms with Gasteiger partial charge in [0.15, 0.2) is 11.7 Å². The van der Waals surface area contributed by atoms with Gasteiger partial charge < -0.3 is 10.1 Å². The quantitative estimate of drug-likeness (QED) is 0.314. The summed E-state index contributed by atoms with van der Waals surface area (Å²) < 4.78 is 6.99. The zero-order valence-corrected chi connectivity index (χ0v) is 20.0. The number of hydrazine groups is 1. The topological polar surface area (TPSA) is 109 Å². The molecule has 0 spiro atoms. The Hall–Kier alpha value is -2.50. The number of hydrogen-bond donors (Lipinski definition) is 4. The maximum Gasteiger partial charge on any atom is 0.269 e. The van der Waals surface area contributed by atoms with Crippen LogP contribution in [0.25, 0.3) is 0 Å². The molecule has 31 heavy (non-hydrogen) atoms. The first kappa shape index (κ1) is 23.2. The molecule has 0 atom stereocenters. The summed E-state index contributed by atoms with van der Waals surface area (Å²) in [6.45, 7) is -0.260. The maximum atomic E-state index is 12.2. The van der Waals surface area contributed by atoms with Crippen LogP contribution >= 0.6 is 44.1 Å². The van der Waals surface area contributed by atoms with E-state index in [4.69, 9.17) is 17.0 Å². The van der Waals surface area contributed by atoms with Crippen LogP contribution in [0.2, 0.25) is 0 Å². The Bertz CT molecular complexity index is 1010. The van der Waals surface area contributed by atoms with E-state index < -0.39 is 11.8 Å². The number of rotatable bonds is 6. The summed E-state index contributed by atoms with van der Waals surface area (Å²) >= 11 is 11.7. The van der Waals surface area contributed by atoms with Crippen molar-refractivity contribution in [3.63, 3.8) is 0 Å². The minimum Gasteiger partial charge on any atom is -0.483 e. The molecule has 3 amide bonds. The Morgan fingerprint density at radius 3 is 2.39 bits per heavy atom. The van der Waals surface area contributed by atoms with Crippen molar-refractivity contribution in [1.29, 1.82) is 0 Å². The van der Waals surface area contributed by atoms with E-state index in [-0.39, 0.29) is 23.5 Å². The van der Waals surface area contributed by atoms with Crippen molar-refractivity contribution >= 4 is 72.6 Å². The molecule has 0 unspecified atom stereocenters. The molecule has 2 aromatic carbocycles. The van der Waals surface area contributed by atoms with Crippen LogP contribution in [0.15, 0.2) is 51.4 Å². The van der Waals surface area contributed by atoms with Gasteiger partial charge in [-0.25, -0.2) is 0 Å². The van der Waals surface area contributed by atoms with E-state index in [1.165, 1.54) is 0 Å². The van der Waals surface area contributed by atoms with Crippen LogP contribution in [0.4, 0.5) is 5.69 Å². The first-order chi connectivity index (χ1) is 14.8. The molecule has 0 aromatic heterocycles. The molecule has 1 saturated carbocycles. The molecule has 1 aliphatic carbocycles. The van der Waals surface area contributed by atoms with E-state index >= 15 is 0 Å². The molecule has 1 aliphatic rings. The van der Waals surface area contributed by atoms with Crippen LogP contribution < -0.4 is 26.2 Å². The zero-order valence-electron chi connectivity index (χ0n) is 16.0. The van der Waals surface area contributed by atoms with Crippen molar-refractivity contribution in [2.75, 3.05) is 11.9 Å². The molecule has 162 valence electrons. The summed E-state index contributed by atoms with van der Waals surface area (Å²) in [6.07, 6.45) is 1.84. The predicted molar refractivity (Wildman–Crippen MR) is 126 cm³/mol. The minimum absolute atomic E-state index is 0.00331. The molecule has 0 saturated heterocycles. The fourth-order valence-electron chi connectivity index (χ4n) is 2.41. The normalized spacial score (nSPS) is 12.5. The number of nitrogens with one attached hydrogen (secondary N) is 4. The van der Waals surface area contributed by atoms with Crippen molar-refractivity contribution in [2.45, 2.75) is 12.8 Å². The highest BCUT2D eigenvalue weighted by atomic mass is 79.9. The van der Waals surface area contributed by atoms with E-state index in [0.717, 1.165) is 17.3 Å². The highest BCUT2D eigenvalue weighted by Crippen LogP contribution is 2.30. The average molecular weight is 570 g/mol. The number of carbonyl (C=O) groups is 3. The van der Waals surface area contributed by atoms with E-state index in [9.17, 15) is 14.4 Å². The molecule has 2 aromatic rings. The molecule has 0 heterocycles. The molecule has 0 bridgehead atoms. The largest absolute Gasteiger partial charge is 0.483 e. The second kappa shape index (κ2) is 10.7. The number of anilines is 1. The van der Waals surface area contributed by atoms with Gasteiger partial charge in [0.2, 0.25) is 5.91 Å². The molecule has 11 heteroatoms. The van der Waals surface area contributed by atoms with Crippen LogP contribution in [0.3, 0.4) is 0 Å². The van der Waals surface area contributed by atoms with E-state index in [1.807, 2.05) is 0 Å². The Morgan fingerprint density at radius 1 is 1.03 bits per heavy atom. The lowest BCUT2D eigenvalue weighted by Crippen LogP contribution is -2.49. The van der Waals surface area contributed by atoms with Gasteiger partial charge in [-0.3, -0.25) is 30.6 Å². The lowest BCUT2D eigenvalue weighted by atomic mass is 10.2. The number of amides is 3. The molecule has 8 nitrogen and oxygen atoms in total. The van der Waals surface area contributed by atoms with Crippen LogP contribution in [-0.2, 0) is 9.59 Å². The van der Waals surface area contributed by atoms with Crippen LogP contribution in [0.5, 0.6) is 5.75 Å². The van der Waals surface area contributed by atoms with E-state index in [0.29, 0.717) is 21.5 Å². The minimum atomic E-state index is -0.489. The standard InChI is InChI=1S/C20H18Br2N4O4S/c21-13-5-8-16(15(22)9-13)30-10-17(27)24-20(31)26-25-19(29)12-3-6-14(7-4-12)23-18(28)11-1-2-11/h3-9,11H,1-2,10H2,(H,23,28)(H,25,29)(H2,24,26,27,31). The zero-order chi connectivity index (χ0) is 22.4. The summed E-state index contributed by atoms with van der Waals surface area (Å²) in [7, 11) is 0. The van der Waals surface area contributed by atoms with E-state index in [1.54, 1.807) is 42.5 Å². The highest BCUT2D eigenvalue weighted by molar-refractivity contribution is 9.11. The molecule has 0 radical (unpaired) electrons. The Balaban J connectivity index is 1.39. The molecule has 1 fully saturated rings. The lowest BCUT2D eigenvalue weighted by Gasteiger charge is -2.12. The summed E-state index contributed by atoms with van der Waals surface area (Å²) in [5.41, 5.74) is 5.84. The fourth-order valence-corrected chi connectivity index (χ4v) is 3.74. The summed E-state index contributed by atoms with van der Waals surface area (Å²) in [5, 5.41) is 5.13. The fraction of sp³-hybridized carbons (Fsp3) is 0.200. The Morgan fingerprint density at radius 2 is 1.74 bits per heavy atom. The molecule has 4 N–H and O–H groups in total. The molecule has 0 aliphatic heterocycles. The third kappa shape index (κ3) is 7.30. The lowest BCUT2D eigenvalue weighted by molar-refractivity contribution is -0.121. The average Bonchev–Trinajstić information content (AvgIpc) is 3.57. The smallest absolute Gasteiger partial charge is 0.269 e. The van der Waals surface area contributed by atoms with Gasteiger partial charge in [-0.1, -0.05) is 15.9 Å². The predicted octanol–water partition coefficient (Wildman–Crippen LogP) is 3.27. The van der Waals surface area contributed by atoms with Gasteiger partial charge in [-0.05, 0) is 83.5 Å². The third-order valence-corrected chi connectivity index (χ3v) is 5.48. The van der Waals surface area contributed by atoms with Crippen molar-refractivity contribution in [3.05, 3.63) is 57.0 Å². The summed E-state index contributed by atoms with van der Waals surface area (Å²) in [6, 6.07) is 11.7. The van der Waals surface area contributed by atoms with Crippen LogP contribution in [0, 0.1) is 5.92 Å². The van der Waals surface area contributed by atoms with Crippen molar-refractivity contribution in [3.8, 4) is 5.75 Å². The van der Waals surface area contributed by atoms with Crippen molar-refractivity contribution in [1.82, 2.24) is 16.2 Å². The van der Waals surface area contributed by atoms with Crippen LogP contribution in [0.1, 0.15) is 23.2 Å². The summed E-state index contributed by atoms with van der Waals surface area (Å²) in [4.78, 5) is 35.9. The van der Waals surface area contributed by atoms with Gasteiger partial charge in [0.05, 0.1) is 4.47 Å². The van der Waals surface area contributed by atoms with Crippen LogP contribution in [-0.4, -0.2) is 29.4 Å². The number of benzene rings is 2.